The van der Waals surface area contributed by atoms with E-state index in [0.29, 0.717) is 28.7 Å². The monoisotopic (exact) mass is 570 g/mol. The van der Waals surface area contributed by atoms with Gasteiger partial charge in [-0.05, 0) is 59.9 Å². The number of nitrogens with two attached hydrogens (primary N) is 1. The largest absolute Gasteiger partial charge is 0.350 e. The van der Waals surface area contributed by atoms with Gasteiger partial charge in [-0.2, -0.15) is 0 Å². The van der Waals surface area contributed by atoms with Gasteiger partial charge in [0.1, 0.15) is 11.3 Å². The van der Waals surface area contributed by atoms with Crippen LogP contribution in [0, 0.1) is 15.2 Å². The number of aryl methyl sites for hydroxylation is 1. The van der Waals surface area contributed by atoms with Crippen molar-refractivity contribution in [1.29, 1.82) is 0 Å². The van der Waals surface area contributed by atoms with Crippen molar-refractivity contribution in [3.05, 3.63) is 51.4 Å². The molecule has 7 nitrogen and oxygen atoms in total. The van der Waals surface area contributed by atoms with Crippen LogP contribution in [0.25, 0.3) is 11.0 Å². The molecule has 0 aliphatic carbocycles. The lowest BCUT2D eigenvalue weighted by atomic mass is 10.1. The highest BCUT2D eigenvalue weighted by Gasteiger charge is 2.25. The highest BCUT2D eigenvalue weighted by molar-refractivity contribution is 14.1. The normalized spacial score (nSPS) is 11.4. The molecule has 0 aliphatic rings. The van der Waals surface area contributed by atoms with Crippen LogP contribution in [0.5, 0.6) is 0 Å². The van der Waals surface area contributed by atoms with E-state index in [1.807, 2.05) is 22.6 Å². The molecule has 0 aliphatic heterocycles. The zero-order chi connectivity index (χ0) is 24.1. The zero-order valence-corrected chi connectivity index (χ0v) is 21.2. The number of hydrogen-bond acceptors (Lipinski definition) is 5. The summed E-state index contributed by atoms with van der Waals surface area (Å²) in [6.07, 6.45) is 1.48. The molecule has 0 atom stereocenters. The lowest BCUT2D eigenvalue weighted by Crippen LogP contribution is -2.41. The minimum absolute atomic E-state index is 0.0761. The van der Waals surface area contributed by atoms with Crippen molar-refractivity contribution in [2.75, 3.05) is 44.6 Å². The number of nitrogens with zero attached hydrogens (tertiary/aromatic N) is 4. The van der Waals surface area contributed by atoms with E-state index in [0.717, 1.165) is 13.1 Å². The van der Waals surface area contributed by atoms with E-state index in [-0.39, 0.29) is 34.9 Å². The molecule has 0 saturated carbocycles. The lowest BCUT2D eigenvalue weighted by molar-refractivity contribution is 0.0743. The van der Waals surface area contributed by atoms with Crippen molar-refractivity contribution in [3.8, 4) is 0 Å². The first-order chi connectivity index (χ1) is 15.8. The van der Waals surface area contributed by atoms with Crippen LogP contribution in [0.2, 0.25) is 0 Å². The Morgan fingerprint density at radius 2 is 1.91 bits per heavy atom. The molecule has 3 N–H and O–H groups in total. The van der Waals surface area contributed by atoms with Gasteiger partial charge in [-0.25, -0.2) is 13.8 Å². The maximum absolute atomic E-state index is 15.6. The molecule has 1 aromatic heterocycles. The summed E-state index contributed by atoms with van der Waals surface area (Å²) >= 11 is 2.00. The standard InChI is InChI=1S/C23H29F2IN6O/c1-4-31(5-2)10-11-32(9-8-27)23(33)16-13-19-22(28-14-30(19)3)20(25)21(16)29-18-7-6-15(26)12-17(18)24/h6-7,12-14,29H,4-5,8-11,27H2,1-3H3. The second-order valence-corrected chi connectivity index (χ2v) is 8.94. The van der Waals surface area contributed by atoms with E-state index < -0.39 is 11.6 Å². The van der Waals surface area contributed by atoms with Gasteiger partial charge >= 0.3 is 0 Å². The van der Waals surface area contributed by atoms with E-state index >= 15 is 4.39 Å². The number of fused-ring (bicyclic) bond motifs is 1. The molecule has 0 spiro atoms. The molecule has 178 valence electrons. The fourth-order valence-corrected chi connectivity index (χ4v) is 4.14. The number of benzene rings is 2. The molecular formula is C23H29F2IN6O. The molecule has 1 heterocycles. The van der Waals surface area contributed by atoms with Crippen molar-refractivity contribution in [2.24, 2.45) is 12.8 Å². The van der Waals surface area contributed by atoms with Crippen LogP contribution in [0.1, 0.15) is 24.2 Å². The molecule has 33 heavy (non-hydrogen) atoms. The van der Waals surface area contributed by atoms with E-state index in [2.05, 4.69) is 29.0 Å². The number of imidazole rings is 1. The highest BCUT2D eigenvalue weighted by atomic mass is 127. The van der Waals surface area contributed by atoms with Gasteiger partial charge < -0.3 is 25.4 Å². The van der Waals surface area contributed by atoms with Gasteiger partial charge in [-0.3, -0.25) is 4.79 Å². The Bertz CT molecular complexity index is 1130. The van der Waals surface area contributed by atoms with Gasteiger partial charge in [0.05, 0.1) is 28.8 Å². The minimum Gasteiger partial charge on any atom is -0.350 e. The molecule has 2 aromatic carbocycles. The third-order valence-electron chi connectivity index (χ3n) is 5.65. The lowest BCUT2D eigenvalue weighted by Gasteiger charge is -2.27. The van der Waals surface area contributed by atoms with Crippen molar-refractivity contribution >= 4 is 50.9 Å². The maximum atomic E-state index is 15.6. The van der Waals surface area contributed by atoms with Crippen LogP contribution in [-0.4, -0.2) is 64.5 Å². The average molecular weight is 570 g/mol. The summed E-state index contributed by atoms with van der Waals surface area (Å²) in [7, 11) is 1.73. The topological polar surface area (TPSA) is 79.4 Å². The number of nitrogens with one attached hydrogen (secondary N) is 1. The summed E-state index contributed by atoms with van der Waals surface area (Å²) < 4.78 is 32.5. The van der Waals surface area contributed by atoms with Crippen molar-refractivity contribution < 1.29 is 13.6 Å². The Balaban J connectivity index is 2.07. The second-order valence-electron chi connectivity index (χ2n) is 7.69. The second kappa shape index (κ2) is 11.2. The van der Waals surface area contributed by atoms with E-state index in [1.165, 1.54) is 18.5 Å². The van der Waals surface area contributed by atoms with Crippen LogP contribution in [0.4, 0.5) is 20.2 Å². The predicted molar refractivity (Wildman–Crippen MR) is 136 cm³/mol. The van der Waals surface area contributed by atoms with Gasteiger partial charge in [0.25, 0.3) is 5.91 Å². The Kier molecular flexibility index (Phi) is 8.60. The zero-order valence-electron chi connectivity index (χ0n) is 19.0. The predicted octanol–water partition coefficient (Wildman–Crippen LogP) is 3.94. The molecular weight excluding hydrogens is 541 g/mol. The van der Waals surface area contributed by atoms with Gasteiger partial charge in [-0.15, -0.1) is 0 Å². The Morgan fingerprint density at radius 1 is 1.18 bits per heavy atom. The summed E-state index contributed by atoms with van der Waals surface area (Å²) in [6, 6.07) is 6.16. The average Bonchev–Trinajstić information content (AvgIpc) is 3.17. The third kappa shape index (κ3) is 5.61. The van der Waals surface area contributed by atoms with Crippen LogP contribution in [0.3, 0.4) is 0 Å². The number of aromatic nitrogens is 2. The number of halogens is 3. The van der Waals surface area contributed by atoms with Gasteiger partial charge in [-0.1, -0.05) is 13.8 Å². The van der Waals surface area contributed by atoms with Crippen LogP contribution >= 0.6 is 22.6 Å². The fraction of sp³-hybridized carbons (Fsp3) is 0.391. The quantitative estimate of drug-likeness (QED) is 0.361. The fourth-order valence-electron chi connectivity index (χ4n) is 3.68. The van der Waals surface area contributed by atoms with Crippen molar-refractivity contribution in [2.45, 2.75) is 13.8 Å². The number of carbonyl (C=O) groups is 1. The smallest absolute Gasteiger partial charge is 0.256 e. The first-order valence-corrected chi connectivity index (χ1v) is 12.0. The number of likely N-dealkylation sites (N-methyl/N-ethyl adjacent to an activating group) is 1. The molecule has 0 fully saturated rings. The summed E-state index contributed by atoms with van der Waals surface area (Å²) in [5.41, 5.74) is 6.44. The van der Waals surface area contributed by atoms with Crippen molar-refractivity contribution in [1.82, 2.24) is 19.4 Å². The summed E-state index contributed by atoms with van der Waals surface area (Å²) in [5.74, 6) is -1.62. The van der Waals surface area contributed by atoms with Crippen LogP contribution < -0.4 is 11.1 Å². The SMILES string of the molecule is CCN(CC)CCN(CCN)C(=O)c1cc2c(ncn2C)c(F)c1Nc1ccc(I)cc1F. The van der Waals surface area contributed by atoms with Gasteiger partial charge in [0.2, 0.25) is 0 Å². The van der Waals surface area contributed by atoms with Gasteiger partial charge in [0, 0.05) is 36.8 Å². The number of amides is 1. The van der Waals surface area contributed by atoms with Gasteiger partial charge in [0.15, 0.2) is 5.82 Å². The Morgan fingerprint density at radius 3 is 2.55 bits per heavy atom. The summed E-state index contributed by atoms with van der Waals surface area (Å²) in [6.45, 7) is 7.54. The van der Waals surface area contributed by atoms with E-state index in [4.69, 9.17) is 5.73 Å². The minimum atomic E-state index is -0.703. The van der Waals surface area contributed by atoms with E-state index in [9.17, 15) is 9.18 Å². The highest BCUT2D eigenvalue weighted by Crippen LogP contribution is 2.32. The first-order valence-electron chi connectivity index (χ1n) is 10.9. The summed E-state index contributed by atoms with van der Waals surface area (Å²) in [5, 5.41) is 2.81. The Hall–Kier alpha value is -2.31. The van der Waals surface area contributed by atoms with E-state index in [1.54, 1.807) is 28.6 Å². The number of rotatable bonds is 10. The number of carbonyl (C=O) groups excluding carboxylic acids is 1. The molecule has 0 saturated heterocycles. The maximum Gasteiger partial charge on any atom is 0.256 e. The van der Waals surface area contributed by atoms with Crippen molar-refractivity contribution in [3.63, 3.8) is 0 Å². The first kappa shape index (κ1) is 25.3. The number of hydrogen-bond donors (Lipinski definition) is 2. The molecule has 3 aromatic rings. The molecule has 0 unspecified atom stereocenters. The number of anilines is 2. The molecule has 0 bridgehead atoms. The van der Waals surface area contributed by atoms with Crippen LogP contribution in [-0.2, 0) is 7.05 Å². The molecule has 10 heteroatoms. The molecule has 3 rings (SSSR count). The summed E-state index contributed by atoms with van der Waals surface area (Å²) in [4.78, 5) is 21.6. The molecule has 0 radical (unpaired) electrons. The molecule has 1 amide bonds. The third-order valence-corrected chi connectivity index (χ3v) is 6.32. The Labute approximate surface area is 206 Å². The van der Waals surface area contributed by atoms with Crippen LogP contribution in [0.15, 0.2) is 30.6 Å².